The molecule has 0 atom stereocenters. The lowest BCUT2D eigenvalue weighted by atomic mass is 10.1. The molecule has 0 spiro atoms. The van der Waals surface area contributed by atoms with Crippen LogP contribution in [0.15, 0.2) is 36.7 Å². The molecule has 1 aromatic heterocycles. The Balaban J connectivity index is 2.15. The van der Waals surface area contributed by atoms with E-state index in [0.29, 0.717) is 0 Å². The summed E-state index contributed by atoms with van der Waals surface area (Å²) in [5.74, 6) is 0.953. The van der Waals surface area contributed by atoms with E-state index in [4.69, 9.17) is 0 Å². The number of carbonyl (C=O) groups is 1. The van der Waals surface area contributed by atoms with E-state index in [1.165, 1.54) is 0 Å². The van der Waals surface area contributed by atoms with Gasteiger partial charge in [0.1, 0.15) is 0 Å². The molecule has 18 heavy (non-hydrogen) atoms. The summed E-state index contributed by atoms with van der Waals surface area (Å²) in [5.41, 5.74) is 2.89. The molecular formula is C14H16N2OS. The molecule has 0 aliphatic carbocycles. The first-order valence-corrected chi connectivity index (χ1v) is 6.58. The molecule has 0 radical (unpaired) electrons. The molecule has 0 aliphatic heterocycles. The van der Waals surface area contributed by atoms with E-state index < -0.39 is 0 Å². The fraction of sp³-hybridized carbons (Fsp3) is 0.286. The highest BCUT2D eigenvalue weighted by atomic mass is 32.1. The fourth-order valence-corrected chi connectivity index (χ4v) is 1.91. The molecule has 4 heteroatoms. The molecule has 0 saturated heterocycles. The first-order chi connectivity index (χ1) is 8.70. The molecule has 1 heterocycles. The number of aromatic nitrogens is 2. The Labute approximate surface area is 112 Å². The Morgan fingerprint density at radius 3 is 2.61 bits per heavy atom. The largest absolute Gasteiger partial charge is 0.295 e. The highest BCUT2D eigenvalue weighted by molar-refractivity contribution is 7.80. The molecule has 0 unspecified atom stereocenters. The van der Waals surface area contributed by atoms with Crippen LogP contribution in [0.4, 0.5) is 0 Å². The predicted octanol–water partition coefficient (Wildman–Crippen LogP) is 3.07. The van der Waals surface area contributed by atoms with Crippen molar-refractivity contribution in [3.05, 3.63) is 42.2 Å². The minimum atomic E-state index is 0.0889. The summed E-state index contributed by atoms with van der Waals surface area (Å²) >= 11 is 4.18. The summed E-state index contributed by atoms with van der Waals surface area (Å²) in [4.78, 5) is 11.2. The topological polar surface area (TPSA) is 34.9 Å². The average molecular weight is 260 g/mol. The number of hydrogen-bond acceptors (Lipinski definition) is 3. The predicted molar refractivity (Wildman–Crippen MR) is 76.1 cm³/mol. The van der Waals surface area contributed by atoms with Crippen molar-refractivity contribution in [1.29, 1.82) is 0 Å². The van der Waals surface area contributed by atoms with Crippen molar-refractivity contribution in [2.24, 2.45) is 0 Å². The van der Waals surface area contributed by atoms with Crippen molar-refractivity contribution in [3.8, 4) is 11.1 Å². The van der Waals surface area contributed by atoms with E-state index in [1.54, 1.807) is 6.92 Å². The smallest absolute Gasteiger partial charge is 0.159 e. The van der Waals surface area contributed by atoms with Crippen LogP contribution in [-0.2, 0) is 6.54 Å². The first-order valence-electron chi connectivity index (χ1n) is 5.95. The normalized spacial score (nSPS) is 10.6. The van der Waals surface area contributed by atoms with Gasteiger partial charge in [-0.15, -0.1) is 0 Å². The van der Waals surface area contributed by atoms with Gasteiger partial charge in [0, 0.05) is 23.9 Å². The zero-order chi connectivity index (χ0) is 13.0. The summed E-state index contributed by atoms with van der Waals surface area (Å²) in [6, 6.07) is 7.61. The maximum atomic E-state index is 11.2. The summed E-state index contributed by atoms with van der Waals surface area (Å²) in [6.45, 7) is 2.46. The second-order valence-corrected chi connectivity index (χ2v) is 4.65. The van der Waals surface area contributed by atoms with Gasteiger partial charge in [0.05, 0.1) is 6.20 Å². The Morgan fingerprint density at radius 2 is 2.00 bits per heavy atom. The highest BCUT2D eigenvalue weighted by Gasteiger charge is 2.03. The number of nitrogens with zero attached hydrogens (tertiary/aromatic N) is 2. The van der Waals surface area contributed by atoms with Crippen molar-refractivity contribution >= 4 is 18.4 Å². The van der Waals surface area contributed by atoms with Crippen LogP contribution in [-0.4, -0.2) is 21.3 Å². The number of carbonyl (C=O) groups excluding carboxylic acids is 1. The van der Waals surface area contributed by atoms with Crippen molar-refractivity contribution in [3.63, 3.8) is 0 Å². The average Bonchev–Trinajstić information content (AvgIpc) is 2.85. The summed E-state index contributed by atoms with van der Waals surface area (Å²) < 4.78 is 1.92. The van der Waals surface area contributed by atoms with Gasteiger partial charge < -0.3 is 0 Å². The van der Waals surface area contributed by atoms with E-state index in [1.807, 2.05) is 41.3 Å². The van der Waals surface area contributed by atoms with Crippen LogP contribution >= 0.6 is 12.6 Å². The number of aryl methyl sites for hydroxylation is 1. The molecular weight excluding hydrogens is 244 g/mol. The van der Waals surface area contributed by atoms with Gasteiger partial charge in [-0.1, -0.05) is 24.3 Å². The Kier molecular flexibility index (Phi) is 4.20. The van der Waals surface area contributed by atoms with Gasteiger partial charge in [-0.2, -0.15) is 17.7 Å². The Morgan fingerprint density at radius 1 is 1.28 bits per heavy atom. The lowest BCUT2D eigenvalue weighted by molar-refractivity contribution is 0.101. The Bertz CT molecular complexity index is 531. The van der Waals surface area contributed by atoms with E-state index in [-0.39, 0.29) is 5.78 Å². The molecule has 0 fully saturated rings. The maximum Gasteiger partial charge on any atom is 0.159 e. The van der Waals surface area contributed by atoms with Crippen LogP contribution < -0.4 is 0 Å². The van der Waals surface area contributed by atoms with Crippen molar-refractivity contribution < 1.29 is 4.79 Å². The summed E-state index contributed by atoms with van der Waals surface area (Å²) in [5, 5.41) is 4.30. The van der Waals surface area contributed by atoms with E-state index in [0.717, 1.165) is 35.4 Å². The van der Waals surface area contributed by atoms with Crippen LogP contribution in [0.5, 0.6) is 0 Å². The molecule has 0 aliphatic rings. The third-order valence-electron chi connectivity index (χ3n) is 2.80. The van der Waals surface area contributed by atoms with E-state index in [2.05, 4.69) is 17.7 Å². The third kappa shape index (κ3) is 3.01. The number of Topliss-reactive ketones (excluding diaryl/α,β-unsaturated/α-hetero) is 1. The van der Waals surface area contributed by atoms with Gasteiger partial charge in [0.25, 0.3) is 0 Å². The minimum Gasteiger partial charge on any atom is -0.295 e. The number of ketones is 1. The lowest BCUT2D eigenvalue weighted by Gasteiger charge is -2.00. The van der Waals surface area contributed by atoms with Gasteiger partial charge >= 0.3 is 0 Å². The third-order valence-corrected chi connectivity index (χ3v) is 3.12. The van der Waals surface area contributed by atoms with Crippen LogP contribution in [0.1, 0.15) is 23.7 Å². The quantitative estimate of drug-likeness (QED) is 0.662. The standard InChI is InChI=1S/C14H16N2OS/c1-11(17)12-3-5-13(6-4-12)14-9-15-16(10-14)7-2-8-18/h3-6,9-10,18H,2,7-8H2,1H3. The number of thiol groups is 1. The molecule has 1 aromatic carbocycles. The second kappa shape index (κ2) is 5.87. The van der Waals surface area contributed by atoms with Crippen molar-refractivity contribution in [1.82, 2.24) is 9.78 Å². The molecule has 0 amide bonds. The first kappa shape index (κ1) is 12.9. The van der Waals surface area contributed by atoms with Crippen LogP contribution in [0, 0.1) is 0 Å². The monoisotopic (exact) mass is 260 g/mol. The van der Waals surface area contributed by atoms with Gasteiger partial charge in [-0.05, 0) is 24.7 Å². The zero-order valence-corrected chi connectivity index (χ0v) is 11.2. The molecule has 0 bridgehead atoms. The van der Waals surface area contributed by atoms with E-state index in [9.17, 15) is 4.79 Å². The molecule has 2 aromatic rings. The molecule has 2 rings (SSSR count). The van der Waals surface area contributed by atoms with Crippen molar-refractivity contribution in [2.45, 2.75) is 19.9 Å². The minimum absolute atomic E-state index is 0.0889. The van der Waals surface area contributed by atoms with E-state index >= 15 is 0 Å². The molecule has 3 nitrogen and oxygen atoms in total. The van der Waals surface area contributed by atoms with Gasteiger partial charge in [-0.25, -0.2) is 0 Å². The second-order valence-electron chi connectivity index (χ2n) is 4.20. The number of hydrogen-bond donors (Lipinski definition) is 1. The van der Waals surface area contributed by atoms with Gasteiger partial charge in [0.2, 0.25) is 0 Å². The Hall–Kier alpha value is -1.55. The van der Waals surface area contributed by atoms with Crippen LogP contribution in [0.3, 0.4) is 0 Å². The maximum absolute atomic E-state index is 11.2. The SMILES string of the molecule is CC(=O)c1ccc(-c2cnn(CCCS)c2)cc1. The van der Waals surface area contributed by atoms with Gasteiger partial charge in [-0.3, -0.25) is 9.48 Å². The molecule has 0 saturated carbocycles. The molecule has 0 N–H and O–H groups in total. The fourth-order valence-electron chi connectivity index (χ4n) is 1.77. The summed E-state index contributed by atoms with van der Waals surface area (Å²) in [7, 11) is 0. The van der Waals surface area contributed by atoms with Gasteiger partial charge in [0.15, 0.2) is 5.78 Å². The van der Waals surface area contributed by atoms with Crippen molar-refractivity contribution in [2.75, 3.05) is 5.75 Å². The van der Waals surface area contributed by atoms with Crippen LogP contribution in [0.2, 0.25) is 0 Å². The number of rotatable bonds is 5. The highest BCUT2D eigenvalue weighted by Crippen LogP contribution is 2.19. The molecule has 94 valence electrons. The van der Waals surface area contributed by atoms with Crippen LogP contribution in [0.25, 0.3) is 11.1 Å². The summed E-state index contributed by atoms with van der Waals surface area (Å²) in [6.07, 6.45) is 4.88. The zero-order valence-electron chi connectivity index (χ0n) is 10.3. The number of benzene rings is 1. The lowest BCUT2D eigenvalue weighted by Crippen LogP contribution is -1.98.